The standard InChI is InChI=1S/C30H30FN5O3/c1-37-29-15-24-26(16-30(29)38-13-5-11-32)34-12-10-27(24)39-28-9-8-22(14-25(28)31)35-18-21-17-33-20-36(19-21)23-6-3-2-4-7-23/h2-4,6-10,12,14-18,35H,5,11,13,19-20,32H2,1H3. The SMILES string of the molecule is COc1cc2c(Oc3ccc(NC=C4C=NCN(c5ccccc5)C4)cc3F)ccnc2cc1OCCCN. The molecule has 8 nitrogen and oxygen atoms in total. The number of nitrogens with zero attached hydrogens (tertiary/aromatic N) is 3. The molecule has 3 N–H and O–H groups in total. The number of ether oxygens (including phenoxy) is 3. The Hall–Kier alpha value is -4.63. The third-order valence-electron chi connectivity index (χ3n) is 6.17. The number of hydrogen-bond acceptors (Lipinski definition) is 8. The average Bonchev–Trinajstić information content (AvgIpc) is 2.98. The molecule has 3 aromatic carbocycles. The van der Waals surface area contributed by atoms with E-state index in [-0.39, 0.29) is 5.75 Å². The summed E-state index contributed by atoms with van der Waals surface area (Å²) in [5.41, 5.74) is 8.88. The molecule has 2 heterocycles. The zero-order valence-corrected chi connectivity index (χ0v) is 21.6. The van der Waals surface area contributed by atoms with Gasteiger partial charge in [0.25, 0.3) is 0 Å². The van der Waals surface area contributed by atoms with Crippen molar-refractivity contribution in [1.29, 1.82) is 0 Å². The molecule has 0 bridgehead atoms. The van der Waals surface area contributed by atoms with Gasteiger partial charge in [-0.05, 0) is 49.4 Å². The fraction of sp³-hybridized carbons (Fsp3) is 0.200. The number of pyridine rings is 1. The molecule has 0 aliphatic carbocycles. The van der Waals surface area contributed by atoms with Crippen LogP contribution < -0.4 is 30.2 Å². The monoisotopic (exact) mass is 527 g/mol. The van der Waals surface area contributed by atoms with Gasteiger partial charge in [-0.3, -0.25) is 9.98 Å². The number of aliphatic imine (C=N–C) groups is 1. The van der Waals surface area contributed by atoms with E-state index in [1.165, 1.54) is 6.07 Å². The molecule has 0 amide bonds. The molecule has 0 fully saturated rings. The smallest absolute Gasteiger partial charge is 0.167 e. The lowest BCUT2D eigenvalue weighted by Gasteiger charge is -2.26. The molecule has 0 atom stereocenters. The number of rotatable bonds is 10. The average molecular weight is 528 g/mol. The maximum absolute atomic E-state index is 15.1. The van der Waals surface area contributed by atoms with Gasteiger partial charge >= 0.3 is 0 Å². The van der Waals surface area contributed by atoms with Gasteiger partial charge in [0.1, 0.15) is 12.4 Å². The van der Waals surface area contributed by atoms with Crippen molar-refractivity contribution in [3.63, 3.8) is 0 Å². The summed E-state index contributed by atoms with van der Waals surface area (Å²) in [5.74, 6) is 1.14. The maximum atomic E-state index is 15.1. The minimum atomic E-state index is -0.500. The molecule has 0 spiro atoms. The summed E-state index contributed by atoms with van der Waals surface area (Å²) in [5, 5.41) is 3.84. The third kappa shape index (κ3) is 6.27. The third-order valence-corrected chi connectivity index (χ3v) is 6.17. The molecule has 39 heavy (non-hydrogen) atoms. The Balaban J connectivity index is 1.30. The fourth-order valence-corrected chi connectivity index (χ4v) is 4.19. The summed E-state index contributed by atoms with van der Waals surface area (Å²) in [6.07, 6.45) is 6.00. The van der Waals surface area contributed by atoms with Crippen LogP contribution in [0.15, 0.2) is 89.7 Å². The summed E-state index contributed by atoms with van der Waals surface area (Å²) in [7, 11) is 1.56. The number of para-hydroxylation sites is 1. The van der Waals surface area contributed by atoms with Crippen LogP contribution in [-0.2, 0) is 0 Å². The van der Waals surface area contributed by atoms with E-state index in [2.05, 4.69) is 32.3 Å². The van der Waals surface area contributed by atoms with Gasteiger partial charge in [0.2, 0.25) is 0 Å². The summed E-state index contributed by atoms with van der Waals surface area (Å²) in [4.78, 5) is 11.0. The molecule has 0 saturated heterocycles. The van der Waals surface area contributed by atoms with E-state index in [0.717, 1.165) is 17.7 Å². The van der Waals surface area contributed by atoms with Gasteiger partial charge in [-0.25, -0.2) is 4.39 Å². The van der Waals surface area contributed by atoms with Gasteiger partial charge in [-0.2, -0.15) is 0 Å². The largest absolute Gasteiger partial charge is 0.493 e. The van der Waals surface area contributed by atoms with Gasteiger partial charge in [0.15, 0.2) is 23.1 Å². The second-order valence-corrected chi connectivity index (χ2v) is 8.92. The van der Waals surface area contributed by atoms with Gasteiger partial charge in [0, 0.05) is 59.6 Å². The zero-order valence-electron chi connectivity index (χ0n) is 21.6. The van der Waals surface area contributed by atoms with Crippen molar-refractivity contribution in [2.45, 2.75) is 6.42 Å². The normalized spacial score (nSPS) is 14.0. The van der Waals surface area contributed by atoms with E-state index in [9.17, 15) is 0 Å². The lowest BCUT2D eigenvalue weighted by Crippen LogP contribution is -2.30. The van der Waals surface area contributed by atoms with Crippen LogP contribution in [0.3, 0.4) is 0 Å². The molecule has 5 rings (SSSR count). The minimum absolute atomic E-state index is 0.0948. The number of nitrogens with one attached hydrogen (secondary N) is 1. The van der Waals surface area contributed by atoms with Crippen LogP contribution in [0.1, 0.15) is 6.42 Å². The van der Waals surface area contributed by atoms with Gasteiger partial charge in [0.05, 0.1) is 19.2 Å². The van der Waals surface area contributed by atoms with Crippen molar-refractivity contribution in [3.8, 4) is 23.0 Å². The highest BCUT2D eigenvalue weighted by atomic mass is 19.1. The highest BCUT2D eigenvalue weighted by Gasteiger charge is 2.15. The van der Waals surface area contributed by atoms with Crippen LogP contribution in [0, 0.1) is 5.82 Å². The van der Waals surface area contributed by atoms with E-state index in [1.54, 1.807) is 43.6 Å². The molecule has 9 heteroatoms. The Kier molecular flexibility index (Phi) is 8.18. The molecule has 0 saturated carbocycles. The molecule has 4 aromatic rings. The first kappa shape index (κ1) is 26.0. The Morgan fingerprint density at radius 2 is 1.90 bits per heavy atom. The molecule has 1 aromatic heterocycles. The topological polar surface area (TPSA) is 94.2 Å². The lowest BCUT2D eigenvalue weighted by molar-refractivity contribution is 0.292. The number of anilines is 2. The predicted octanol–water partition coefficient (Wildman–Crippen LogP) is 5.75. The first-order chi connectivity index (χ1) is 19.1. The predicted molar refractivity (Wildman–Crippen MR) is 153 cm³/mol. The number of fused-ring (bicyclic) bond motifs is 1. The molecule has 1 aliphatic heterocycles. The maximum Gasteiger partial charge on any atom is 0.167 e. The van der Waals surface area contributed by atoms with Crippen molar-refractivity contribution < 1.29 is 18.6 Å². The molecule has 0 unspecified atom stereocenters. The summed E-state index contributed by atoms with van der Waals surface area (Å²) >= 11 is 0. The van der Waals surface area contributed by atoms with Gasteiger partial charge < -0.3 is 30.2 Å². The summed E-state index contributed by atoms with van der Waals surface area (Å²) in [6, 6.07) is 20.1. The number of aromatic nitrogens is 1. The van der Waals surface area contributed by atoms with E-state index >= 15 is 4.39 Å². The Morgan fingerprint density at radius 3 is 2.69 bits per heavy atom. The Labute approximate surface area is 226 Å². The second kappa shape index (κ2) is 12.3. The molecule has 0 radical (unpaired) electrons. The van der Waals surface area contributed by atoms with E-state index < -0.39 is 5.82 Å². The molecular formula is C30H30FN5O3. The van der Waals surface area contributed by atoms with E-state index in [1.807, 2.05) is 30.6 Å². The molecule has 1 aliphatic rings. The van der Waals surface area contributed by atoms with Crippen LogP contribution >= 0.6 is 0 Å². The highest BCUT2D eigenvalue weighted by molar-refractivity contribution is 5.88. The van der Waals surface area contributed by atoms with Crippen LogP contribution in [0.5, 0.6) is 23.0 Å². The van der Waals surface area contributed by atoms with E-state index in [0.29, 0.717) is 60.2 Å². The number of methoxy groups -OCH3 is 1. The first-order valence-corrected chi connectivity index (χ1v) is 12.7. The highest BCUT2D eigenvalue weighted by Crippen LogP contribution is 2.38. The number of benzene rings is 3. The van der Waals surface area contributed by atoms with Crippen LogP contribution in [0.4, 0.5) is 15.8 Å². The Bertz CT molecular complexity index is 1490. The number of nitrogens with two attached hydrogens (primary N) is 1. The summed E-state index contributed by atoms with van der Waals surface area (Å²) < 4.78 is 32.3. The molecular weight excluding hydrogens is 497 g/mol. The number of hydrogen-bond donors (Lipinski definition) is 2. The zero-order chi connectivity index (χ0) is 27.0. The fourth-order valence-electron chi connectivity index (χ4n) is 4.19. The van der Waals surface area contributed by atoms with Crippen molar-refractivity contribution in [1.82, 2.24) is 4.98 Å². The van der Waals surface area contributed by atoms with Gasteiger partial charge in [-0.15, -0.1) is 0 Å². The van der Waals surface area contributed by atoms with Crippen molar-refractivity contribution >= 4 is 28.5 Å². The Morgan fingerprint density at radius 1 is 1.03 bits per heavy atom. The minimum Gasteiger partial charge on any atom is -0.493 e. The number of halogens is 1. The summed E-state index contributed by atoms with van der Waals surface area (Å²) in [6.45, 7) is 2.29. The van der Waals surface area contributed by atoms with Crippen LogP contribution in [-0.4, -0.2) is 44.7 Å². The van der Waals surface area contributed by atoms with Crippen molar-refractivity contribution in [2.75, 3.05) is 43.7 Å². The lowest BCUT2D eigenvalue weighted by atomic mass is 10.1. The van der Waals surface area contributed by atoms with E-state index in [4.69, 9.17) is 19.9 Å². The second-order valence-electron chi connectivity index (χ2n) is 8.92. The van der Waals surface area contributed by atoms with Crippen LogP contribution in [0.25, 0.3) is 10.9 Å². The molecule has 200 valence electrons. The van der Waals surface area contributed by atoms with Crippen LogP contribution in [0.2, 0.25) is 0 Å². The quantitative estimate of drug-likeness (QED) is 0.254. The van der Waals surface area contributed by atoms with Gasteiger partial charge in [-0.1, -0.05) is 18.2 Å². The first-order valence-electron chi connectivity index (χ1n) is 12.7. The van der Waals surface area contributed by atoms with Crippen molar-refractivity contribution in [2.24, 2.45) is 10.7 Å². The van der Waals surface area contributed by atoms with Crippen molar-refractivity contribution in [3.05, 3.63) is 90.5 Å².